The van der Waals surface area contributed by atoms with Gasteiger partial charge in [0.1, 0.15) is 6.17 Å². The molecule has 0 bridgehead atoms. The Bertz CT molecular complexity index is 479. The predicted molar refractivity (Wildman–Crippen MR) is 66.1 cm³/mol. The average molecular weight is 210 g/mol. The van der Waals surface area contributed by atoms with E-state index in [0.717, 1.165) is 6.54 Å². The summed E-state index contributed by atoms with van der Waals surface area (Å²) in [5, 5.41) is 6.98. The maximum absolute atomic E-state index is 3.50. The molecule has 2 aromatic rings. The molecule has 3 rings (SSSR count). The van der Waals surface area contributed by atoms with Crippen molar-refractivity contribution in [3.8, 4) is 0 Å². The first-order chi connectivity index (χ1) is 7.93. The summed E-state index contributed by atoms with van der Waals surface area (Å²) in [4.78, 5) is 0. The maximum atomic E-state index is 3.50. The van der Waals surface area contributed by atoms with Gasteiger partial charge in [0, 0.05) is 12.2 Å². The molecular weight excluding hydrogens is 196 g/mol. The highest BCUT2D eigenvalue weighted by atomic mass is 15.1. The number of benzene rings is 2. The third kappa shape index (κ3) is 1.68. The van der Waals surface area contributed by atoms with Gasteiger partial charge in [-0.2, -0.15) is 0 Å². The second kappa shape index (κ2) is 3.99. The summed E-state index contributed by atoms with van der Waals surface area (Å²) in [5.74, 6) is 0. The van der Waals surface area contributed by atoms with Gasteiger partial charge in [-0.1, -0.05) is 48.5 Å². The van der Waals surface area contributed by atoms with Gasteiger partial charge in [-0.3, -0.25) is 5.32 Å². The SMILES string of the molecule is c1ccc(C2NCc3ccccc3N2)cc1. The number of anilines is 1. The van der Waals surface area contributed by atoms with E-state index in [9.17, 15) is 0 Å². The van der Waals surface area contributed by atoms with Gasteiger partial charge in [0.2, 0.25) is 0 Å². The zero-order valence-corrected chi connectivity index (χ0v) is 8.98. The van der Waals surface area contributed by atoms with Crippen molar-refractivity contribution < 1.29 is 0 Å². The minimum Gasteiger partial charge on any atom is -0.366 e. The van der Waals surface area contributed by atoms with Crippen molar-refractivity contribution in [2.45, 2.75) is 12.7 Å². The Morgan fingerprint density at radius 3 is 2.50 bits per heavy atom. The molecule has 16 heavy (non-hydrogen) atoms. The highest BCUT2D eigenvalue weighted by Gasteiger charge is 2.16. The standard InChI is InChI=1S/C14H14N2/c1-2-6-11(7-3-1)14-15-10-12-8-4-5-9-13(12)16-14/h1-9,14-16H,10H2. The van der Waals surface area contributed by atoms with E-state index in [-0.39, 0.29) is 6.17 Å². The molecular formula is C14H14N2. The molecule has 80 valence electrons. The zero-order valence-electron chi connectivity index (χ0n) is 8.98. The van der Waals surface area contributed by atoms with Crippen molar-refractivity contribution in [2.75, 3.05) is 5.32 Å². The summed E-state index contributed by atoms with van der Waals surface area (Å²) in [6.45, 7) is 0.919. The van der Waals surface area contributed by atoms with Gasteiger partial charge < -0.3 is 5.32 Å². The fourth-order valence-electron chi connectivity index (χ4n) is 2.08. The molecule has 0 spiro atoms. The van der Waals surface area contributed by atoms with Gasteiger partial charge in [0.15, 0.2) is 0 Å². The van der Waals surface area contributed by atoms with E-state index in [1.165, 1.54) is 16.8 Å². The number of hydrogen-bond acceptors (Lipinski definition) is 2. The third-order valence-corrected chi connectivity index (χ3v) is 2.95. The lowest BCUT2D eigenvalue weighted by atomic mass is 10.1. The Balaban J connectivity index is 1.89. The van der Waals surface area contributed by atoms with Crippen LogP contribution in [0.1, 0.15) is 17.3 Å². The lowest BCUT2D eigenvalue weighted by Gasteiger charge is -2.28. The third-order valence-electron chi connectivity index (χ3n) is 2.95. The molecule has 2 aromatic carbocycles. The van der Waals surface area contributed by atoms with E-state index in [1.54, 1.807) is 0 Å². The molecule has 0 amide bonds. The summed E-state index contributed by atoms with van der Waals surface area (Å²) < 4.78 is 0. The Labute approximate surface area is 95.3 Å². The molecule has 1 aliphatic rings. The van der Waals surface area contributed by atoms with Gasteiger partial charge in [-0.05, 0) is 17.2 Å². The minimum atomic E-state index is 0.219. The fraction of sp³-hybridized carbons (Fsp3) is 0.143. The summed E-state index contributed by atoms with van der Waals surface area (Å²) in [6.07, 6.45) is 0.219. The zero-order chi connectivity index (χ0) is 10.8. The van der Waals surface area contributed by atoms with E-state index in [1.807, 2.05) is 6.07 Å². The molecule has 1 heterocycles. The van der Waals surface area contributed by atoms with E-state index in [0.29, 0.717) is 0 Å². The van der Waals surface area contributed by atoms with Crippen LogP contribution in [0.2, 0.25) is 0 Å². The highest BCUT2D eigenvalue weighted by molar-refractivity contribution is 5.54. The van der Waals surface area contributed by atoms with Crippen LogP contribution in [0.3, 0.4) is 0 Å². The van der Waals surface area contributed by atoms with E-state index in [4.69, 9.17) is 0 Å². The van der Waals surface area contributed by atoms with Crippen LogP contribution >= 0.6 is 0 Å². The predicted octanol–water partition coefficient (Wildman–Crippen LogP) is 2.90. The molecule has 2 heteroatoms. The molecule has 0 saturated carbocycles. The van der Waals surface area contributed by atoms with Gasteiger partial charge in [0.05, 0.1) is 0 Å². The second-order valence-corrected chi connectivity index (χ2v) is 4.03. The van der Waals surface area contributed by atoms with Crippen LogP contribution in [0.25, 0.3) is 0 Å². The van der Waals surface area contributed by atoms with E-state index >= 15 is 0 Å². The summed E-state index contributed by atoms with van der Waals surface area (Å²) in [5.41, 5.74) is 3.83. The first-order valence-electron chi connectivity index (χ1n) is 5.56. The van der Waals surface area contributed by atoms with Gasteiger partial charge in [-0.15, -0.1) is 0 Å². The van der Waals surface area contributed by atoms with Crippen LogP contribution in [-0.2, 0) is 6.54 Å². The molecule has 0 radical (unpaired) electrons. The molecule has 0 saturated heterocycles. The summed E-state index contributed by atoms with van der Waals surface area (Å²) in [7, 11) is 0. The van der Waals surface area contributed by atoms with Crippen molar-refractivity contribution in [1.82, 2.24) is 5.32 Å². The normalized spacial score (nSPS) is 18.6. The Hall–Kier alpha value is -1.80. The lowest BCUT2D eigenvalue weighted by Crippen LogP contribution is -2.32. The molecule has 2 N–H and O–H groups in total. The van der Waals surface area contributed by atoms with Crippen molar-refractivity contribution in [3.05, 3.63) is 65.7 Å². The van der Waals surface area contributed by atoms with Crippen LogP contribution in [0.5, 0.6) is 0 Å². The fourth-order valence-corrected chi connectivity index (χ4v) is 2.08. The molecule has 0 fully saturated rings. The topological polar surface area (TPSA) is 24.1 Å². The Morgan fingerprint density at radius 1 is 0.875 bits per heavy atom. The van der Waals surface area contributed by atoms with Crippen LogP contribution in [0.15, 0.2) is 54.6 Å². The van der Waals surface area contributed by atoms with Crippen molar-refractivity contribution >= 4 is 5.69 Å². The van der Waals surface area contributed by atoms with Crippen LogP contribution in [-0.4, -0.2) is 0 Å². The highest BCUT2D eigenvalue weighted by Crippen LogP contribution is 2.25. The summed E-state index contributed by atoms with van der Waals surface area (Å²) >= 11 is 0. The smallest absolute Gasteiger partial charge is 0.103 e. The number of fused-ring (bicyclic) bond motifs is 1. The van der Waals surface area contributed by atoms with Gasteiger partial charge >= 0.3 is 0 Å². The number of para-hydroxylation sites is 1. The van der Waals surface area contributed by atoms with Crippen molar-refractivity contribution in [3.63, 3.8) is 0 Å². The van der Waals surface area contributed by atoms with E-state index in [2.05, 4.69) is 59.2 Å². The Kier molecular flexibility index (Phi) is 2.35. The molecule has 2 nitrogen and oxygen atoms in total. The van der Waals surface area contributed by atoms with Crippen molar-refractivity contribution in [2.24, 2.45) is 0 Å². The number of rotatable bonds is 1. The number of nitrogens with one attached hydrogen (secondary N) is 2. The average Bonchev–Trinajstić information content (AvgIpc) is 2.39. The lowest BCUT2D eigenvalue weighted by molar-refractivity contribution is 0.566. The maximum Gasteiger partial charge on any atom is 0.103 e. The van der Waals surface area contributed by atoms with Crippen LogP contribution in [0.4, 0.5) is 5.69 Å². The van der Waals surface area contributed by atoms with Gasteiger partial charge in [-0.25, -0.2) is 0 Å². The Morgan fingerprint density at radius 2 is 1.62 bits per heavy atom. The first kappa shape index (κ1) is 9.43. The van der Waals surface area contributed by atoms with Crippen LogP contribution < -0.4 is 10.6 Å². The molecule has 1 unspecified atom stereocenters. The largest absolute Gasteiger partial charge is 0.366 e. The van der Waals surface area contributed by atoms with E-state index < -0.39 is 0 Å². The van der Waals surface area contributed by atoms with Gasteiger partial charge in [0.25, 0.3) is 0 Å². The summed E-state index contributed by atoms with van der Waals surface area (Å²) in [6, 6.07) is 18.9. The second-order valence-electron chi connectivity index (χ2n) is 4.03. The first-order valence-corrected chi connectivity index (χ1v) is 5.56. The minimum absolute atomic E-state index is 0.219. The molecule has 1 aliphatic heterocycles. The molecule has 0 aromatic heterocycles. The quantitative estimate of drug-likeness (QED) is 0.756. The molecule has 1 atom stereocenters. The van der Waals surface area contributed by atoms with Crippen LogP contribution in [0, 0.1) is 0 Å². The monoisotopic (exact) mass is 210 g/mol. The van der Waals surface area contributed by atoms with Crippen molar-refractivity contribution in [1.29, 1.82) is 0 Å². The molecule has 0 aliphatic carbocycles. The number of hydrogen-bond donors (Lipinski definition) is 2.